The molecule has 11 heteroatoms. The van der Waals surface area contributed by atoms with Crippen LogP contribution in [0.2, 0.25) is 0 Å². The fourth-order valence-electron chi connectivity index (χ4n) is 3.59. The van der Waals surface area contributed by atoms with Gasteiger partial charge in [-0.25, -0.2) is 8.78 Å². The van der Waals surface area contributed by atoms with Gasteiger partial charge in [-0.3, -0.25) is 0 Å². The topological polar surface area (TPSA) is 29.5 Å². The molecule has 184 valence electrons. The number of alkyl halides is 6. The van der Waals surface area contributed by atoms with Gasteiger partial charge in [0.2, 0.25) is 0 Å². The van der Waals surface area contributed by atoms with Crippen molar-refractivity contribution in [2.24, 2.45) is 0 Å². The molecule has 0 atom stereocenters. The van der Waals surface area contributed by atoms with E-state index >= 15 is 0 Å². The molecule has 0 amide bonds. The number of ether oxygens (including phenoxy) is 1. The molecule has 0 bridgehead atoms. The molecule has 0 fully saturated rings. The fraction of sp³-hybridized carbons (Fsp3) is 0.167. The van der Waals surface area contributed by atoms with Crippen LogP contribution in [0.3, 0.4) is 0 Å². The maximum Gasteiger partial charge on any atom is 0.430 e. The molecule has 4 rings (SSSR count). The molecule has 0 spiro atoms. The summed E-state index contributed by atoms with van der Waals surface area (Å²) in [6.07, 6.45) is -10.5. The molecule has 35 heavy (non-hydrogen) atoms. The average molecular weight is 518 g/mol. The number of hydrogen-bond donors (Lipinski definition) is 1. The lowest BCUT2D eigenvalue weighted by Crippen LogP contribution is -2.54. The average Bonchev–Trinajstić information content (AvgIpc) is 2.76. The second kappa shape index (κ2) is 8.87. The molecule has 0 aromatic heterocycles. The van der Waals surface area contributed by atoms with Gasteiger partial charge in [0.1, 0.15) is 24.0 Å². The second-order valence-corrected chi connectivity index (χ2v) is 8.72. The zero-order valence-corrected chi connectivity index (χ0v) is 18.2. The van der Waals surface area contributed by atoms with Crippen molar-refractivity contribution in [2.45, 2.75) is 27.7 Å². The molecule has 0 saturated carbocycles. The van der Waals surface area contributed by atoms with Gasteiger partial charge in [0, 0.05) is 20.9 Å². The SMILES string of the molecule is OC(c1cc(F)cc(Sc2ccc3c(c2)OCC=C3c2ccc(F)cc2)c1)(C(F)(F)F)C(F)(F)F. The molecule has 3 aromatic rings. The van der Waals surface area contributed by atoms with Crippen LogP contribution in [0.5, 0.6) is 5.75 Å². The van der Waals surface area contributed by atoms with Crippen LogP contribution in [0.1, 0.15) is 16.7 Å². The van der Waals surface area contributed by atoms with E-state index in [9.17, 15) is 40.2 Å². The number of hydrogen-bond acceptors (Lipinski definition) is 3. The predicted molar refractivity (Wildman–Crippen MR) is 112 cm³/mol. The maximum atomic E-state index is 14.1. The molecule has 1 heterocycles. The van der Waals surface area contributed by atoms with Gasteiger partial charge in [0.15, 0.2) is 0 Å². The van der Waals surface area contributed by atoms with Crippen molar-refractivity contribution in [3.63, 3.8) is 0 Å². The van der Waals surface area contributed by atoms with Crippen LogP contribution >= 0.6 is 11.8 Å². The third-order valence-electron chi connectivity index (χ3n) is 5.27. The minimum absolute atomic E-state index is 0.000770. The minimum Gasteiger partial charge on any atom is -0.489 e. The Morgan fingerprint density at radius 1 is 0.743 bits per heavy atom. The molecule has 0 aliphatic carbocycles. The van der Waals surface area contributed by atoms with Crippen molar-refractivity contribution in [1.29, 1.82) is 0 Å². The van der Waals surface area contributed by atoms with Crippen LogP contribution in [0, 0.1) is 11.6 Å². The normalized spacial score (nSPS) is 14.3. The monoisotopic (exact) mass is 518 g/mol. The van der Waals surface area contributed by atoms with E-state index in [2.05, 4.69) is 0 Å². The third-order valence-corrected chi connectivity index (χ3v) is 6.23. The molecule has 1 aliphatic heterocycles. The molecule has 0 radical (unpaired) electrons. The van der Waals surface area contributed by atoms with Crippen LogP contribution in [-0.2, 0) is 5.60 Å². The van der Waals surface area contributed by atoms with Gasteiger partial charge in [0.05, 0.1) is 0 Å². The summed E-state index contributed by atoms with van der Waals surface area (Å²) in [4.78, 5) is 0.0418. The van der Waals surface area contributed by atoms with E-state index in [1.807, 2.05) is 0 Å². The Balaban J connectivity index is 1.68. The first-order valence-electron chi connectivity index (χ1n) is 9.87. The quantitative estimate of drug-likeness (QED) is 0.369. The molecule has 1 aliphatic rings. The van der Waals surface area contributed by atoms with E-state index in [0.717, 1.165) is 11.6 Å². The van der Waals surface area contributed by atoms with Gasteiger partial charge >= 0.3 is 12.4 Å². The molecular weight excluding hydrogens is 504 g/mol. The first-order chi connectivity index (χ1) is 16.3. The van der Waals surface area contributed by atoms with Gasteiger partial charge in [-0.15, -0.1) is 0 Å². The summed E-state index contributed by atoms with van der Waals surface area (Å²) >= 11 is 0.690. The van der Waals surface area contributed by atoms with Crippen molar-refractivity contribution >= 4 is 17.3 Å². The van der Waals surface area contributed by atoms with Gasteiger partial charge < -0.3 is 9.84 Å². The summed E-state index contributed by atoms with van der Waals surface area (Å²) in [5.41, 5.74) is -4.84. The van der Waals surface area contributed by atoms with Gasteiger partial charge in [-0.05, 0) is 65.7 Å². The van der Waals surface area contributed by atoms with Crippen molar-refractivity contribution in [1.82, 2.24) is 0 Å². The van der Waals surface area contributed by atoms with Gasteiger partial charge in [-0.2, -0.15) is 26.3 Å². The summed E-state index contributed by atoms with van der Waals surface area (Å²) < 4.78 is 112. The van der Waals surface area contributed by atoms with E-state index in [0.29, 0.717) is 39.6 Å². The number of rotatable bonds is 4. The van der Waals surface area contributed by atoms with E-state index in [4.69, 9.17) is 4.74 Å². The smallest absolute Gasteiger partial charge is 0.430 e. The highest BCUT2D eigenvalue weighted by Crippen LogP contribution is 2.51. The Kier molecular flexibility index (Phi) is 6.35. The molecule has 2 nitrogen and oxygen atoms in total. The van der Waals surface area contributed by atoms with Crippen molar-refractivity contribution in [3.05, 3.63) is 95.1 Å². The highest BCUT2D eigenvalue weighted by atomic mass is 32.2. The van der Waals surface area contributed by atoms with E-state index in [1.165, 1.54) is 24.3 Å². The summed E-state index contributed by atoms with van der Waals surface area (Å²) in [5, 5.41) is 9.61. The van der Waals surface area contributed by atoms with Crippen molar-refractivity contribution in [3.8, 4) is 5.75 Å². The number of benzene rings is 3. The van der Waals surface area contributed by atoms with Crippen LogP contribution in [0.25, 0.3) is 5.57 Å². The first kappa shape index (κ1) is 25.1. The molecule has 0 saturated heterocycles. The zero-order chi connectivity index (χ0) is 25.6. The molecule has 0 unspecified atom stereocenters. The molecular formula is C24H14F8O2S. The number of fused-ring (bicyclic) bond motifs is 1. The van der Waals surface area contributed by atoms with E-state index < -0.39 is 35.2 Å². The van der Waals surface area contributed by atoms with E-state index in [1.54, 1.807) is 24.3 Å². The van der Waals surface area contributed by atoms with Crippen molar-refractivity contribution in [2.75, 3.05) is 6.61 Å². The lowest BCUT2D eigenvalue weighted by molar-refractivity contribution is -0.376. The molecule has 1 N–H and O–H groups in total. The number of halogens is 8. The standard InChI is InChI=1S/C24H14F8O2S/c25-15-3-1-13(2-4-15)19-7-8-34-21-12-17(5-6-20(19)21)35-18-10-14(9-16(26)11-18)22(33,23(27,28)29)24(30,31)32/h1-7,9-12,33H,8H2. The highest BCUT2D eigenvalue weighted by molar-refractivity contribution is 7.99. The Morgan fingerprint density at radius 2 is 1.40 bits per heavy atom. The summed E-state index contributed by atoms with van der Waals surface area (Å²) in [6, 6.07) is 11.6. The third kappa shape index (κ3) is 4.74. The van der Waals surface area contributed by atoms with Crippen molar-refractivity contribution < 1.29 is 45.0 Å². The predicted octanol–water partition coefficient (Wildman–Crippen LogP) is 7.25. The maximum absolute atomic E-state index is 14.1. The zero-order valence-electron chi connectivity index (χ0n) is 17.3. The molecule has 3 aromatic carbocycles. The van der Waals surface area contributed by atoms with Crippen LogP contribution in [-0.4, -0.2) is 24.1 Å². The Hall–Kier alpha value is -3.05. The van der Waals surface area contributed by atoms with Gasteiger partial charge in [-0.1, -0.05) is 23.9 Å². The summed E-state index contributed by atoms with van der Waals surface area (Å²) in [6.45, 7) is 0.169. The lowest BCUT2D eigenvalue weighted by atomic mass is 9.92. The van der Waals surface area contributed by atoms with Crippen LogP contribution < -0.4 is 4.74 Å². The summed E-state index contributed by atoms with van der Waals surface area (Å²) in [7, 11) is 0. The number of aliphatic hydroxyl groups is 1. The highest BCUT2D eigenvalue weighted by Gasteiger charge is 2.71. The largest absolute Gasteiger partial charge is 0.489 e. The van der Waals surface area contributed by atoms with Crippen LogP contribution in [0.15, 0.2) is 76.5 Å². The lowest BCUT2D eigenvalue weighted by Gasteiger charge is -2.32. The van der Waals surface area contributed by atoms with Gasteiger partial charge in [0.25, 0.3) is 5.60 Å². The Morgan fingerprint density at radius 3 is 2.03 bits per heavy atom. The minimum atomic E-state index is -6.14. The second-order valence-electron chi connectivity index (χ2n) is 7.58. The Labute approximate surface area is 197 Å². The van der Waals surface area contributed by atoms with E-state index in [-0.39, 0.29) is 17.6 Å². The van der Waals surface area contributed by atoms with Crippen LogP contribution in [0.4, 0.5) is 35.1 Å². The first-order valence-corrected chi connectivity index (χ1v) is 10.7. The fourth-order valence-corrected chi connectivity index (χ4v) is 4.52. The Bertz CT molecular complexity index is 1270. The summed E-state index contributed by atoms with van der Waals surface area (Å²) in [5.74, 6) is -1.42.